The lowest BCUT2D eigenvalue weighted by atomic mass is 10.1. The van der Waals surface area contributed by atoms with Crippen LogP contribution >= 0.6 is 11.8 Å². The fourth-order valence-corrected chi connectivity index (χ4v) is 4.36. The zero-order valence-electron chi connectivity index (χ0n) is 14.3. The van der Waals surface area contributed by atoms with E-state index in [1.807, 2.05) is 27.8 Å². The van der Waals surface area contributed by atoms with Gasteiger partial charge in [-0.15, -0.1) is 0 Å². The summed E-state index contributed by atoms with van der Waals surface area (Å²) in [5.74, 6) is 3.45. The molecule has 21 heavy (non-hydrogen) atoms. The second kappa shape index (κ2) is 8.42. The summed E-state index contributed by atoms with van der Waals surface area (Å²) in [6.07, 6.45) is 0. The van der Waals surface area contributed by atoms with E-state index in [0.717, 1.165) is 24.8 Å². The zero-order chi connectivity index (χ0) is 16.0. The lowest BCUT2D eigenvalue weighted by Gasteiger charge is -2.36. The van der Waals surface area contributed by atoms with Crippen LogP contribution in [0.15, 0.2) is 4.99 Å². The Morgan fingerprint density at radius 1 is 1.48 bits per heavy atom. The molecule has 0 aromatic carbocycles. The van der Waals surface area contributed by atoms with Crippen LogP contribution in [0, 0.1) is 5.92 Å². The summed E-state index contributed by atoms with van der Waals surface area (Å²) in [5, 5.41) is 4.04. The van der Waals surface area contributed by atoms with Crippen molar-refractivity contribution in [2.45, 2.75) is 44.6 Å². The predicted octanol–water partition coefficient (Wildman–Crippen LogP) is 2.18. The quantitative estimate of drug-likeness (QED) is 0.633. The summed E-state index contributed by atoms with van der Waals surface area (Å²) in [6.45, 7) is 13.4. The van der Waals surface area contributed by atoms with Crippen LogP contribution in [0.1, 0.15) is 34.6 Å². The fourth-order valence-electron chi connectivity index (χ4n) is 2.17. The molecule has 2 unspecified atom stereocenters. The minimum absolute atomic E-state index is 0.143. The van der Waals surface area contributed by atoms with Gasteiger partial charge in [0.05, 0.1) is 0 Å². The van der Waals surface area contributed by atoms with Crippen molar-refractivity contribution in [3.05, 3.63) is 0 Å². The van der Waals surface area contributed by atoms with Crippen LogP contribution in [-0.4, -0.2) is 63.3 Å². The van der Waals surface area contributed by atoms with Crippen LogP contribution in [-0.2, 0) is 10.8 Å². The van der Waals surface area contributed by atoms with Gasteiger partial charge in [0.2, 0.25) is 0 Å². The highest BCUT2D eigenvalue weighted by Gasteiger charge is 2.25. The molecule has 1 saturated heterocycles. The number of hydrogen-bond donors (Lipinski definition) is 1. The summed E-state index contributed by atoms with van der Waals surface area (Å²) >= 11 is 2.06. The minimum atomic E-state index is -0.815. The largest absolute Gasteiger partial charge is 0.355 e. The number of thioether (sulfide) groups is 1. The van der Waals surface area contributed by atoms with Crippen LogP contribution in [0.25, 0.3) is 0 Å². The van der Waals surface area contributed by atoms with Crippen LogP contribution in [0.3, 0.4) is 0 Å². The van der Waals surface area contributed by atoms with Gasteiger partial charge in [-0.3, -0.25) is 9.20 Å². The first-order valence-corrected chi connectivity index (χ1v) is 10.1. The first-order valence-electron chi connectivity index (χ1n) is 7.71. The van der Waals surface area contributed by atoms with Gasteiger partial charge in [0.15, 0.2) is 5.96 Å². The van der Waals surface area contributed by atoms with Crippen molar-refractivity contribution >= 4 is 28.5 Å². The van der Waals surface area contributed by atoms with Crippen LogP contribution < -0.4 is 5.32 Å². The Morgan fingerprint density at radius 3 is 2.67 bits per heavy atom. The molecule has 0 amide bonds. The topological polar surface area (TPSA) is 44.7 Å². The van der Waals surface area contributed by atoms with E-state index in [4.69, 9.17) is 0 Å². The molecule has 1 fully saturated rings. The van der Waals surface area contributed by atoms with Crippen molar-refractivity contribution in [3.8, 4) is 0 Å². The Bertz CT molecular complexity index is 378. The average Bonchev–Trinajstić information content (AvgIpc) is 2.42. The predicted molar refractivity (Wildman–Crippen MR) is 96.8 cm³/mol. The number of nitrogens with zero attached hydrogens (tertiary/aromatic N) is 2. The van der Waals surface area contributed by atoms with E-state index in [2.05, 4.69) is 40.8 Å². The van der Waals surface area contributed by atoms with E-state index in [-0.39, 0.29) is 4.75 Å². The van der Waals surface area contributed by atoms with Crippen molar-refractivity contribution in [2.75, 3.05) is 38.2 Å². The van der Waals surface area contributed by atoms with E-state index in [0.29, 0.717) is 23.5 Å². The average molecular weight is 334 g/mol. The third-order valence-corrected chi connectivity index (χ3v) is 7.08. The highest BCUT2D eigenvalue weighted by molar-refractivity contribution is 8.00. The molecule has 2 atom stereocenters. The normalized spacial score (nSPS) is 22.5. The van der Waals surface area contributed by atoms with Crippen molar-refractivity contribution in [3.63, 3.8) is 0 Å². The summed E-state index contributed by atoms with van der Waals surface area (Å²) < 4.78 is 11.9. The number of aliphatic imine (C=N–C) groups is 1. The molecule has 124 valence electrons. The molecule has 1 heterocycles. The molecule has 1 N–H and O–H groups in total. The van der Waals surface area contributed by atoms with E-state index >= 15 is 0 Å². The van der Waals surface area contributed by atoms with Crippen molar-refractivity contribution in [1.82, 2.24) is 10.2 Å². The number of guanidine groups is 1. The highest BCUT2D eigenvalue weighted by Crippen LogP contribution is 2.24. The molecule has 4 nitrogen and oxygen atoms in total. The molecule has 1 aliphatic heterocycles. The SMILES string of the molecule is CN=C(NCCS(=O)C(C)(C)C)N1CCSC(C(C)C)C1. The van der Waals surface area contributed by atoms with Crippen molar-refractivity contribution in [1.29, 1.82) is 0 Å². The van der Waals surface area contributed by atoms with Crippen LogP contribution in [0.4, 0.5) is 0 Å². The monoisotopic (exact) mass is 333 g/mol. The third-order valence-electron chi connectivity index (χ3n) is 3.60. The Balaban J connectivity index is 2.47. The molecule has 0 aromatic rings. The molecule has 0 aliphatic carbocycles. The first-order chi connectivity index (χ1) is 9.75. The molecule has 0 spiro atoms. The molecule has 1 rings (SSSR count). The number of rotatable bonds is 4. The lowest BCUT2D eigenvalue weighted by molar-refractivity contribution is 0.382. The van der Waals surface area contributed by atoms with E-state index in [1.54, 1.807) is 0 Å². The molecule has 0 saturated carbocycles. The Labute approximate surface area is 137 Å². The smallest absolute Gasteiger partial charge is 0.193 e. The summed E-state index contributed by atoms with van der Waals surface area (Å²) in [4.78, 5) is 6.72. The Morgan fingerprint density at radius 2 is 2.14 bits per heavy atom. The van der Waals surface area contributed by atoms with Gasteiger partial charge in [-0.25, -0.2) is 0 Å². The maximum absolute atomic E-state index is 12.1. The second-order valence-corrected chi connectivity index (χ2v) is 10.4. The third kappa shape index (κ3) is 6.19. The van der Waals surface area contributed by atoms with E-state index in [9.17, 15) is 4.21 Å². The molecule has 6 heteroatoms. The maximum atomic E-state index is 12.1. The van der Waals surface area contributed by atoms with E-state index < -0.39 is 10.8 Å². The van der Waals surface area contributed by atoms with Crippen LogP contribution in [0.2, 0.25) is 0 Å². The Hall–Kier alpha value is -0.230. The molecular weight excluding hydrogens is 302 g/mol. The molecular formula is C15H31N3OS2. The summed E-state index contributed by atoms with van der Waals surface area (Å²) in [7, 11) is 1.01. The molecule has 0 bridgehead atoms. The van der Waals surface area contributed by atoms with Gasteiger partial charge >= 0.3 is 0 Å². The van der Waals surface area contributed by atoms with Gasteiger partial charge < -0.3 is 10.2 Å². The fraction of sp³-hybridized carbons (Fsp3) is 0.933. The molecule has 0 aromatic heterocycles. The van der Waals surface area contributed by atoms with Crippen molar-refractivity contribution < 1.29 is 4.21 Å². The highest BCUT2D eigenvalue weighted by atomic mass is 32.2. The van der Waals surface area contributed by atoms with E-state index in [1.165, 1.54) is 0 Å². The van der Waals surface area contributed by atoms with Gasteiger partial charge in [0.25, 0.3) is 0 Å². The first kappa shape index (κ1) is 18.8. The molecule has 0 radical (unpaired) electrons. The van der Waals surface area contributed by atoms with Gasteiger partial charge in [0.1, 0.15) is 0 Å². The minimum Gasteiger partial charge on any atom is -0.355 e. The molecule has 1 aliphatic rings. The maximum Gasteiger partial charge on any atom is 0.193 e. The van der Waals surface area contributed by atoms with Gasteiger partial charge in [-0.1, -0.05) is 13.8 Å². The number of nitrogens with one attached hydrogen (secondary N) is 1. The van der Waals surface area contributed by atoms with Gasteiger partial charge in [-0.05, 0) is 26.7 Å². The summed E-state index contributed by atoms with van der Waals surface area (Å²) in [5.41, 5.74) is 0. The van der Waals surface area contributed by atoms with Crippen molar-refractivity contribution in [2.24, 2.45) is 10.9 Å². The lowest BCUT2D eigenvalue weighted by Crippen LogP contribution is -2.49. The van der Waals surface area contributed by atoms with Gasteiger partial charge in [-0.2, -0.15) is 11.8 Å². The summed E-state index contributed by atoms with van der Waals surface area (Å²) in [6, 6.07) is 0. The second-order valence-electron chi connectivity index (χ2n) is 6.74. The van der Waals surface area contributed by atoms with Gasteiger partial charge in [0, 0.05) is 59.0 Å². The standard InChI is InChI=1S/C15H31N3OS2/c1-12(2)13-11-18(8-9-20-13)14(16-6)17-7-10-21(19)15(3,4)5/h12-13H,7-11H2,1-6H3,(H,16,17). The number of hydrogen-bond acceptors (Lipinski definition) is 3. The zero-order valence-corrected chi connectivity index (χ0v) is 15.9. The van der Waals surface area contributed by atoms with Crippen LogP contribution in [0.5, 0.6) is 0 Å². The Kier molecular flexibility index (Phi) is 7.54.